The van der Waals surface area contributed by atoms with E-state index in [9.17, 15) is 0 Å². The Morgan fingerprint density at radius 2 is 2.38 bits per heavy atom. The van der Waals surface area contributed by atoms with Gasteiger partial charge >= 0.3 is 0 Å². The van der Waals surface area contributed by atoms with Crippen LogP contribution in [0.1, 0.15) is 20.3 Å². The van der Waals surface area contributed by atoms with E-state index in [0.717, 1.165) is 23.9 Å². The number of hydrogen-bond donors (Lipinski definition) is 1. The number of hydrogen-bond acceptors (Lipinski definition) is 1. The first kappa shape index (κ1) is 4.80. The molecule has 0 amide bonds. The average Bonchev–Trinajstić information content (AvgIpc) is 2.49. The van der Waals surface area contributed by atoms with Gasteiger partial charge in [-0.3, -0.25) is 0 Å². The fraction of sp³-hybridized carbons (Fsp3) is 1.00. The maximum absolute atomic E-state index is 3.46. The highest BCUT2D eigenvalue weighted by atomic mass is 15.1. The number of rotatable bonds is 2. The van der Waals surface area contributed by atoms with E-state index in [4.69, 9.17) is 0 Å². The predicted molar refractivity (Wildman–Crippen MR) is 33.7 cm³/mol. The van der Waals surface area contributed by atoms with Crippen molar-refractivity contribution >= 4 is 0 Å². The number of nitrogens with one attached hydrogen (secondary N) is 1. The lowest BCUT2D eigenvalue weighted by atomic mass is 10.2. The third-order valence-corrected chi connectivity index (χ3v) is 2.77. The summed E-state index contributed by atoms with van der Waals surface area (Å²) >= 11 is 0. The fourth-order valence-electron chi connectivity index (χ4n) is 1.76. The van der Waals surface area contributed by atoms with Crippen molar-refractivity contribution in [3.05, 3.63) is 0 Å². The quantitative estimate of drug-likeness (QED) is 0.560. The van der Waals surface area contributed by atoms with Crippen LogP contribution >= 0.6 is 0 Å². The van der Waals surface area contributed by atoms with E-state index in [1.807, 2.05) is 0 Å². The van der Waals surface area contributed by atoms with Gasteiger partial charge in [0, 0.05) is 6.04 Å². The van der Waals surface area contributed by atoms with Gasteiger partial charge in [-0.1, -0.05) is 13.8 Å². The molecule has 0 aromatic carbocycles. The molecule has 1 N–H and O–H groups in total. The molecule has 0 spiro atoms. The molecule has 1 heteroatoms. The first-order valence-electron chi connectivity index (χ1n) is 3.52. The second-order valence-corrected chi connectivity index (χ2v) is 3.35. The van der Waals surface area contributed by atoms with E-state index in [-0.39, 0.29) is 0 Å². The summed E-state index contributed by atoms with van der Waals surface area (Å²) in [5, 5.41) is 3.46. The van der Waals surface area contributed by atoms with Crippen molar-refractivity contribution in [2.24, 2.45) is 11.3 Å². The van der Waals surface area contributed by atoms with Crippen LogP contribution in [0.5, 0.6) is 0 Å². The van der Waals surface area contributed by atoms with Gasteiger partial charge in [0.05, 0.1) is 0 Å². The molecule has 8 heavy (non-hydrogen) atoms. The van der Waals surface area contributed by atoms with Crippen LogP contribution in [0, 0.1) is 11.3 Å². The molecule has 46 valence electrons. The minimum Gasteiger partial charge on any atom is -0.313 e. The lowest BCUT2D eigenvalue weighted by molar-refractivity contribution is 0.520. The maximum atomic E-state index is 3.46. The summed E-state index contributed by atoms with van der Waals surface area (Å²) in [5.41, 5.74) is 0.774. The van der Waals surface area contributed by atoms with Crippen molar-refractivity contribution in [1.29, 1.82) is 0 Å². The summed E-state index contributed by atoms with van der Waals surface area (Å²) in [7, 11) is 0. The van der Waals surface area contributed by atoms with Crippen LogP contribution in [-0.4, -0.2) is 12.6 Å². The van der Waals surface area contributed by atoms with E-state index in [2.05, 4.69) is 19.2 Å². The van der Waals surface area contributed by atoms with Gasteiger partial charge < -0.3 is 5.32 Å². The maximum Gasteiger partial charge on any atom is 0.0158 e. The molecule has 2 aliphatic rings. The van der Waals surface area contributed by atoms with Crippen LogP contribution in [0.4, 0.5) is 0 Å². The molecule has 3 atom stereocenters. The van der Waals surface area contributed by atoms with Crippen LogP contribution in [0.3, 0.4) is 0 Å². The highest BCUT2D eigenvalue weighted by Crippen LogP contribution is 2.74. The van der Waals surface area contributed by atoms with Crippen molar-refractivity contribution in [3.63, 3.8) is 0 Å². The van der Waals surface area contributed by atoms with E-state index in [1.54, 1.807) is 0 Å². The normalized spacial score (nSPS) is 57.8. The molecule has 0 heterocycles. The second-order valence-electron chi connectivity index (χ2n) is 3.35. The molecule has 0 radical (unpaired) electrons. The molecular weight excluding hydrogens is 98.1 g/mol. The Labute approximate surface area is 50.5 Å². The van der Waals surface area contributed by atoms with Gasteiger partial charge in [-0.25, -0.2) is 0 Å². The van der Waals surface area contributed by atoms with Crippen molar-refractivity contribution < 1.29 is 0 Å². The van der Waals surface area contributed by atoms with Crippen molar-refractivity contribution in [2.45, 2.75) is 26.3 Å². The molecule has 0 saturated heterocycles. The topological polar surface area (TPSA) is 12.0 Å². The molecule has 1 nitrogen and oxygen atoms in total. The third-order valence-electron chi connectivity index (χ3n) is 2.77. The molecule has 0 aromatic heterocycles. The van der Waals surface area contributed by atoms with E-state index in [1.165, 1.54) is 6.42 Å². The first-order valence-corrected chi connectivity index (χ1v) is 3.52. The summed E-state index contributed by atoms with van der Waals surface area (Å²) in [6, 6.07) is 0.910. The molecule has 2 fully saturated rings. The largest absolute Gasteiger partial charge is 0.313 e. The van der Waals surface area contributed by atoms with Crippen LogP contribution in [0.25, 0.3) is 0 Å². The minimum atomic E-state index is 0.774. The Kier molecular flexibility index (Phi) is 0.663. The van der Waals surface area contributed by atoms with Crippen molar-refractivity contribution in [2.75, 3.05) is 6.54 Å². The Bertz CT molecular complexity index is 122. The molecular formula is C7H13N. The SMILES string of the molecule is CCNC1C2CC21C. The van der Waals surface area contributed by atoms with Gasteiger partial charge in [0.25, 0.3) is 0 Å². The van der Waals surface area contributed by atoms with Crippen LogP contribution in [-0.2, 0) is 0 Å². The Hall–Kier alpha value is -0.0400. The van der Waals surface area contributed by atoms with Crippen LogP contribution < -0.4 is 5.32 Å². The Balaban J connectivity index is 1.83. The first-order chi connectivity index (χ1) is 3.79. The van der Waals surface area contributed by atoms with Gasteiger partial charge in [-0.15, -0.1) is 0 Å². The van der Waals surface area contributed by atoms with Gasteiger partial charge in [0.1, 0.15) is 0 Å². The fourth-order valence-corrected chi connectivity index (χ4v) is 1.76. The zero-order valence-electron chi connectivity index (χ0n) is 5.57. The summed E-state index contributed by atoms with van der Waals surface area (Å²) < 4.78 is 0. The third kappa shape index (κ3) is 0.368. The lowest BCUT2D eigenvalue weighted by Gasteiger charge is -2.06. The lowest BCUT2D eigenvalue weighted by Crippen LogP contribution is -2.24. The highest BCUT2D eigenvalue weighted by Gasteiger charge is 2.74. The summed E-state index contributed by atoms with van der Waals surface area (Å²) in [6.07, 6.45) is 1.49. The van der Waals surface area contributed by atoms with E-state index < -0.39 is 0 Å². The highest BCUT2D eigenvalue weighted by molar-refractivity contribution is 5.27. The molecule has 0 aromatic rings. The Morgan fingerprint density at radius 3 is 2.50 bits per heavy atom. The molecule has 2 saturated carbocycles. The van der Waals surface area contributed by atoms with Gasteiger partial charge in [0.15, 0.2) is 0 Å². The zero-order chi connectivity index (χ0) is 5.78. The van der Waals surface area contributed by atoms with Crippen molar-refractivity contribution in [1.82, 2.24) is 5.32 Å². The molecule has 2 rings (SSSR count). The minimum absolute atomic E-state index is 0.774. The molecule has 2 aliphatic carbocycles. The summed E-state index contributed by atoms with van der Waals surface area (Å²) in [4.78, 5) is 0. The number of fused-ring (bicyclic) bond motifs is 1. The van der Waals surface area contributed by atoms with Crippen LogP contribution in [0.15, 0.2) is 0 Å². The Morgan fingerprint density at radius 1 is 1.75 bits per heavy atom. The van der Waals surface area contributed by atoms with E-state index in [0.29, 0.717) is 0 Å². The van der Waals surface area contributed by atoms with Gasteiger partial charge in [-0.05, 0) is 24.3 Å². The summed E-state index contributed by atoms with van der Waals surface area (Å²) in [6.45, 7) is 5.71. The van der Waals surface area contributed by atoms with Gasteiger partial charge in [0.2, 0.25) is 0 Å². The van der Waals surface area contributed by atoms with Crippen LogP contribution in [0.2, 0.25) is 0 Å². The standard InChI is InChI=1S/C7H13N/c1-3-8-6-5-4-7(5,6)2/h5-6,8H,3-4H2,1-2H3. The molecule has 0 aliphatic heterocycles. The second kappa shape index (κ2) is 1.10. The van der Waals surface area contributed by atoms with Crippen molar-refractivity contribution in [3.8, 4) is 0 Å². The van der Waals surface area contributed by atoms with Gasteiger partial charge in [-0.2, -0.15) is 0 Å². The monoisotopic (exact) mass is 111 g/mol. The average molecular weight is 111 g/mol. The molecule has 0 bridgehead atoms. The smallest absolute Gasteiger partial charge is 0.0158 e. The molecule has 3 unspecified atom stereocenters. The zero-order valence-corrected chi connectivity index (χ0v) is 5.57. The van der Waals surface area contributed by atoms with E-state index >= 15 is 0 Å². The predicted octanol–water partition coefficient (Wildman–Crippen LogP) is 1.00. The summed E-state index contributed by atoms with van der Waals surface area (Å²) in [5.74, 6) is 1.07.